The number of likely N-dealkylation sites (tertiary alicyclic amines) is 1. The Bertz CT molecular complexity index is 614. The molecule has 2 fully saturated rings. The Balaban J connectivity index is 1.66. The van der Waals surface area contributed by atoms with Gasteiger partial charge >= 0.3 is 0 Å². The molecule has 1 atom stereocenters. The van der Waals surface area contributed by atoms with Crippen molar-refractivity contribution in [3.63, 3.8) is 0 Å². The Morgan fingerprint density at radius 1 is 1.09 bits per heavy atom. The second-order valence-corrected chi connectivity index (χ2v) is 6.44. The number of carbonyl (C=O) groups excluding carboxylic acids is 2. The molecule has 1 aliphatic carbocycles. The molecule has 6 nitrogen and oxygen atoms in total. The van der Waals surface area contributed by atoms with Gasteiger partial charge in [-0.15, -0.1) is 0 Å². The second-order valence-electron chi connectivity index (χ2n) is 6.44. The highest BCUT2D eigenvalue weighted by Crippen LogP contribution is 2.22. The number of amides is 2. The number of nitrogens with one attached hydrogen (secondary N) is 2. The van der Waals surface area contributed by atoms with Gasteiger partial charge in [-0.25, -0.2) is 0 Å². The number of rotatable bonds is 3. The summed E-state index contributed by atoms with van der Waals surface area (Å²) in [6, 6.07) is 2.70. The Morgan fingerprint density at radius 2 is 1.87 bits per heavy atom. The molecular formula is C17H23N3O3. The topological polar surface area (TPSA) is 82.3 Å². The molecule has 1 aromatic heterocycles. The van der Waals surface area contributed by atoms with Crippen molar-refractivity contribution in [2.24, 2.45) is 0 Å². The summed E-state index contributed by atoms with van der Waals surface area (Å²) in [6.45, 7) is 0.584. The maximum Gasteiger partial charge on any atom is 0.256 e. The molecule has 0 radical (unpaired) electrons. The van der Waals surface area contributed by atoms with Crippen LogP contribution >= 0.6 is 0 Å². The Kier molecular flexibility index (Phi) is 4.79. The van der Waals surface area contributed by atoms with E-state index >= 15 is 0 Å². The molecule has 2 N–H and O–H groups in total. The monoisotopic (exact) mass is 317 g/mol. The van der Waals surface area contributed by atoms with Crippen molar-refractivity contribution in [3.8, 4) is 0 Å². The molecule has 1 aromatic rings. The largest absolute Gasteiger partial charge is 0.352 e. The molecule has 2 heterocycles. The number of hydrogen-bond donors (Lipinski definition) is 2. The number of hydrogen-bond acceptors (Lipinski definition) is 3. The highest BCUT2D eigenvalue weighted by molar-refractivity contribution is 5.97. The summed E-state index contributed by atoms with van der Waals surface area (Å²) in [5, 5.41) is 3.12. The number of nitrogens with zero attached hydrogens (tertiary/aromatic N) is 1. The van der Waals surface area contributed by atoms with Gasteiger partial charge < -0.3 is 15.2 Å². The van der Waals surface area contributed by atoms with Crippen LogP contribution in [0.25, 0.3) is 0 Å². The van der Waals surface area contributed by atoms with Gasteiger partial charge in [0.15, 0.2) is 0 Å². The van der Waals surface area contributed by atoms with Crippen LogP contribution in [0.3, 0.4) is 0 Å². The predicted octanol–water partition coefficient (Wildman–Crippen LogP) is 1.43. The van der Waals surface area contributed by atoms with Crippen molar-refractivity contribution >= 4 is 11.8 Å². The lowest BCUT2D eigenvalue weighted by atomic mass is 9.95. The quantitative estimate of drug-likeness (QED) is 0.885. The first-order valence-electron chi connectivity index (χ1n) is 8.45. The smallest absolute Gasteiger partial charge is 0.256 e. The lowest BCUT2D eigenvalue weighted by Gasteiger charge is -2.28. The maximum atomic E-state index is 12.6. The van der Waals surface area contributed by atoms with Gasteiger partial charge in [0, 0.05) is 24.8 Å². The van der Waals surface area contributed by atoms with Crippen molar-refractivity contribution in [3.05, 3.63) is 34.2 Å². The van der Waals surface area contributed by atoms with Gasteiger partial charge in [-0.1, -0.05) is 19.3 Å². The Morgan fingerprint density at radius 3 is 2.57 bits per heavy atom. The van der Waals surface area contributed by atoms with Crippen molar-refractivity contribution in [2.45, 2.75) is 57.0 Å². The van der Waals surface area contributed by atoms with Gasteiger partial charge in [-0.2, -0.15) is 0 Å². The first-order valence-corrected chi connectivity index (χ1v) is 8.45. The third-order valence-electron chi connectivity index (χ3n) is 4.80. The third-order valence-corrected chi connectivity index (χ3v) is 4.80. The van der Waals surface area contributed by atoms with Crippen LogP contribution in [-0.4, -0.2) is 40.3 Å². The van der Waals surface area contributed by atoms with Crippen molar-refractivity contribution in [1.82, 2.24) is 15.2 Å². The van der Waals surface area contributed by atoms with E-state index in [0.717, 1.165) is 32.1 Å². The first-order chi connectivity index (χ1) is 11.1. The van der Waals surface area contributed by atoms with E-state index in [4.69, 9.17) is 0 Å². The van der Waals surface area contributed by atoms with Crippen LogP contribution < -0.4 is 10.9 Å². The van der Waals surface area contributed by atoms with Crippen LogP contribution in [0.4, 0.5) is 0 Å². The molecule has 124 valence electrons. The normalized spacial score (nSPS) is 22.1. The van der Waals surface area contributed by atoms with E-state index in [1.165, 1.54) is 24.8 Å². The molecular weight excluding hydrogens is 294 g/mol. The average molecular weight is 317 g/mol. The lowest BCUT2D eigenvalue weighted by molar-refractivity contribution is -0.125. The van der Waals surface area contributed by atoms with Crippen LogP contribution in [0.2, 0.25) is 0 Å². The van der Waals surface area contributed by atoms with Gasteiger partial charge in [-0.05, 0) is 31.7 Å². The number of pyridine rings is 1. The van der Waals surface area contributed by atoms with E-state index in [1.807, 2.05) is 0 Å². The SMILES string of the molecule is O=C(NC1CCCCC1)C1CCCN1C(=O)c1ccc(=O)[nH]c1. The van der Waals surface area contributed by atoms with Gasteiger partial charge in [0.05, 0.1) is 5.56 Å². The first kappa shape index (κ1) is 15.8. The molecule has 2 amide bonds. The molecule has 2 aliphatic rings. The zero-order chi connectivity index (χ0) is 16.2. The van der Waals surface area contributed by atoms with Crippen LogP contribution in [0.15, 0.2) is 23.1 Å². The summed E-state index contributed by atoms with van der Waals surface area (Å²) in [5.74, 6) is -0.227. The van der Waals surface area contributed by atoms with Crippen LogP contribution in [0.1, 0.15) is 55.3 Å². The molecule has 1 saturated carbocycles. The summed E-state index contributed by atoms with van der Waals surface area (Å²) in [7, 11) is 0. The lowest BCUT2D eigenvalue weighted by Crippen LogP contribution is -2.49. The predicted molar refractivity (Wildman–Crippen MR) is 86.1 cm³/mol. The molecule has 1 unspecified atom stereocenters. The standard InChI is InChI=1S/C17H23N3O3/c21-15-9-8-12(11-18-15)17(23)20-10-4-7-14(20)16(22)19-13-5-2-1-3-6-13/h8-9,11,13-14H,1-7,10H2,(H,18,21)(H,19,22). The van der Waals surface area contributed by atoms with Crippen molar-refractivity contribution < 1.29 is 9.59 Å². The van der Waals surface area contributed by atoms with E-state index in [-0.39, 0.29) is 23.4 Å². The van der Waals surface area contributed by atoms with Crippen LogP contribution in [0.5, 0.6) is 0 Å². The summed E-state index contributed by atoms with van der Waals surface area (Å²) >= 11 is 0. The molecule has 0 bridgehead atoms. The Hall–Kier alpha value is -2.11. The van der Waals surface area contributed by atoms with Crippen molar-refractivity contribution in [1.29, 1.82) is 0 Å². The van der Waals surface area contributed by atoms with Gasteiger partial charge in [0.1, 0.15) is 6.04 Å². The van der Waals surface area contributed by atoms with E-state index < -0.39 is 6.04 Å². The minimum absolute atomic E-state index is 0.0350. The van der Waals surface area contributed by atoms with E-state index in [2.05, 4.69) is 10.3 Å². The molecule has 3 rings (SSSR count). The fourth-order valence-corrected chi connectivity index (χ4v) is 3.54. The van der Waals surface area contributed by atoms with Gasteiger partial charge in [0.2, 0.25) is 11.5 Å². The molecule has 0 aromatic carbocycles. The van der Waals surface area contributed by atoms with E-state index in [0.29, 0.717) is 18.5 Å². The van der Waals surface area contributed by atoms with Crippen LogP contribution in [0, 0.1) is 0 Å². The number of aromatic nitrogens is 1. The second kappa shape index (κ2) is 6.98. The third kappa shape index (κ3) is 3.63. The molecule has 1 aliphatic heterocycles. The van der Waals surface area contributed by atoms with Crippen LogP contribution in [-0.2, 0) is 4.79 Å². The number of carbonyl (C=O) groups is 2. The van der Waals surface area contributed by atoms with E-state index in [9.17, 15) is 14.4 Å². The van der Waals surface area contributed by atoms with Gasteiger partial charge in [-0.3, -0.25) is 14.4 Å². The summed E-state index contributed by atoms with van der Waals surface area (Å²) in [5.41, 5.74) is 0.177. The highest BCUT2D eigenvalue weighted by atomic mass is 16.2. The molecule has 23 heavy (non-hydrogen) atoms. The minimum atomic E-state index is -0.392. The maximum absolute atomic E-state index is 12.6. The molecule has 0 spiro atoms. The molecule has 1 saturated heterocycles. The summed E-state index contributed by atoms with van der Waals surface area (Å²) in [4.78, 5) is 40.4. The number of aromatic amines is 1. The number of H-pyrrole nitrogens is 1. The Labute approximate surface area is 135 Å². The minimum Gasteiger partial charge on any atom is -0.352 e. The zero-order valence-electron chi connectivity index (χ0n) is 13.2. The fourth-order valence-electron chi connectivity index (χ4n) is 3.54. The summed E-state index contributed by atoms with van der Waals surface area (Å²) < 4.78 is 0. The fraction of sp³-hybridized carbons (Fsp3) is 0.588. The van der Waals surface area contributed by atoms with E-state index in [1.54, 1.807) is 4.90 Å². The average Bonchev–Trinajstić information content (AvgIpc) is 3.05. The summed E-state index contributed by atoms with van der Waals surface area (Å²) in [6.07, 6.45) is 8.58. The van der Waals surface area contributed by atoms with Crippen molar-refractivity contribution in [2.75, 3.05) is 6.54 Å². The highest BCUT2D eigenvalue weighted by Gasteiger charge is 2.35. The molecule has 6 heteroatoms. The van der Waals surface area contributed by atoms with Gasteiger partial charge in [0.25, 0.3) is 5.91 Å². The zero-order valence-corrected chi connectivity index (χ0v) is 13.2.